The molecule has 0 saturated carbocycles. The third-order valence-electron chi connectivity index (χ3n) is 4.19. The molecule has 33 heavy (non-hydrogen) atoms. The van der Waals surface area contributed by atoms with Gasteiger partial charge in [0.2, 0.25) is 0 Å². The van der Waals surface area contributed by atoms with Crippen molar-refractivity contribution in [2.45, 2.75) is 19.2 Å². The van der Waals surface area contributed by atoms with Crippen molar-refractivity contribution in [2.75, 3.05) is 5.32 Å². The number of carbonyl (C=O) groups excluding carboxylic acids is 1. The van der Waals surface area contributed by atoms with Crippen LogP contribution in [0.15, 0.2) is 72.0 Å². The molecule has 0 spiro atoms. The number of pyridine rings is 1. The molecule has 172 valence electrons. The van der Waals surface area contributed by atoms with Crippen LogP contribution < -0.4 is 15.8 Å². The number of halogens is 4. The monoisotopic (exact) mass is 478 g/mol. The Morgan fingerprint density at radius 1 is 1.12 bits per heavy atom. The molecule has 1 aromatic heterocycles. The van der Waals surface area contributed by atoms with Crippen molar-refractivity contribution in [2.24, 2.45) is 10.9 Å². The molecule has 3 rings (SSSR count). The molecule has 1 heterocycles. The van der Waals surface area contributed by atoms with E-state index < -0.39 is 17.8 Å². The van der Waals surface area contributed by atoms with Crippen LogP contribution in [0.1, 0.15) is 16.8 Å². The van der Waals surface area contributed by atoms with Gasteiger partial charge in [-0.25, -0.2) is 4.79 Å². The standard InChI is InChI=1S/C22H18ClF3N4O3/c23-18-11-15(22(24,25)26)12-28-19(18)13-32-17-8-6-14(7-9-17)10-20(27)30-33-21(31)29-16-4-2-1-3-5-16/h1-9,11-12H,10,13H2,(H2,27,30)(H,29,31). The molecule has 1 amide bonds. The third kappa shape index (κ3) is 7.39. The van der Waals surface area contributed by atoms with Crippen LogP contribution in [0.5, 0.6) is 5.75 Å². The normalized spacial score (nSPS) is 11.7. The molecule has 0 saturated heterocycles. The van der Waals surface area contributed by atoms with Gasteiger partial charge >= 0.3 is 12.3 Å². The van der Waals surface area contributed by atoms with Crippen molar-refractivity contribution in [3.63, 3.8) is 0 Å². The van der Waals surface area contributed by atoms with Gasteiger partial charge in [0.1, 0.15) is 18.2 Å². The highest BCUT2D eigenvalue weighted by Crippen LogP contribution is 2.31. The molecule has 0 fully saturated rings. The summed E-state index contributed by atoms with van der Waals surface area (Å²) in [5, 5.41) is 5.96. The first-order chi connectivity index (χ1) is 15.7. The fourth-order valence-electron chi connectivity index (χ4n) is 2.59. The number of anilines is 1. The van der Waals surface area contributed by atoms with Crippen LogP contribution in [0.2, 0.25) is 5.02 Å². The minimum atomic E-state index is -4.52. The third-order valence-corrected chi connectivity index (χ3v) is 4.52. The lowest BCUT2D eigenvalue weighted by molar-refractivity contribution is -0.137. The van der Waals surface area contributed by atoms with Crippen molar-refractivity contribution in [3.05, 3.63) is 88.7 Å². The Hall–Kier alpha value is -3.79. The number of aromatic nitrogens is 1. The van der Waals surface area contributed by atoms with Crippen molar-refractivity contribution in [1.29, 1.82) is 0 Å². The first kappa shape index (κ1) is 23.9. The lowest BCUT2D eigenvalue weighted by atomic mass is 10.1. The van der Waals surface area contributed by atoms with Crippen LogP contribution >= 0.6 is 11.6 Å². The Balaban J connectivity index is 1.49. The molecule has 0 unspecified atom stereocenters. The number of alkyl halides is 3. The average Bonchev–Trinajstić information content (AvgIpc) is 2.78. The molecule has 3 N–H and O–H groups in total. The fourth-order valence-corrected chi connectivity index (χ4v) is 2.81. The predicted molar refractivity (Wildman–Crippen MR) is 117 cm³/mol. The van der Waals surface area contributed by atoms with E-state index in [9.17, 15) is 18.0 Å². The summed E-state index contributed by atoms with van der Waals surface area (Å²) in [7, 11) is 0. The largest absolute Gasteiger partial charge is 0.487 e. The van der Waals surface area contributed by atoms with Crippen molar-refractivity contribution in [3.8, 4) is 5.75 Å². The number of nitrogens with one attached hydrogen (secondary N) is 1. The number of hydrogen-bond donors (Lipinski definition) is 2. The second-order valence-electron chi connectivity index (χ2n) is 6.71. The molecule has 0 aliphatic heterocycles. The van der Waals surface area contributed by atoms with Gasteiger partial charge < -0.3 is 10.5 Å². The molecule has 2 aromatic carbocycles. The van der Waals surface area contributed by atoms with Crippen LogP contribution in [0.25, 0.3) is 0 Å². The van der Waals surface area contributed by atoms with Gasteiger partial charge in [-0.3, -0.25) is 15.1 Å². The molecule has 0 aliphatic carbocycles. The number of ether oxygens (including phenoxy) is 1. The van der Waals surface area contributed by atoms with Crippen LogP contribution in [-0.4, -0.2) is 16.9 Å². The topological polar surface area (TPSA) is 98.8 Å². The molecule has 0 atom stereocenters. The molecule has 11 heteroatoms. The maximum absolute atomic E-state index is 12.7. The van der Waals surface area contributed by atoms with E-state index in [1.54, 1.807) is 48.5 Å². The van der Waals surface area contributed by atoms with E-state index in [2.05, 4.69) is 15.5 Å². The van der Waals surface area contributed by atoms with E-state index in [0.29, 0.717) is 17.6 Å². The molecule has 0 bridgehead atoms. The zero-order valence-corrected chi connectivity index (χ0v) is 17.7. The van der Waals surface area contributed by atoms with E-state index in [1.807, 2.05) is 6.07 Å². The zero-order valence-electron chi connectivity index (χ0n) is 17.0. The van der Waals surface area contributed by atoms with Gasteiger partial charge in [-0.2, -0.15) is 13.2 Å². The SMILES string of the molecule is N/C(Cc1ccc(OCc2ncc(C(F)(F)F)cc2Cl)cc1)=N/OC(=O)Nc1ccccc1. The van der Waals surface area contributed by atoms with Gasteiger partial charge in [0.05, 0.1) is 16.3 Å². The smallest absolute Gasteiger partial charge is 0.437 e. The van der Waals surface area contributed by atoms with Gasteiger partial charge in [0.25, 0.3) is 0 Å². The summed E-state index contributed by atoms with van der Waals surface area (Å²) in [6.45, 7) is -0.107. The summed E-state index contributed by atoms with van der Waals surface area (Å²) in [6.07, 6.45) is -4.37. The van der Waals surface area contributed by atoms with E-state index in [1.165, 1.54) is 0 Å². The Morgan fingerprint density at radius 2 is 1.82 bits per heavy atom. The highest BCUT2D eigenvalue weighted by molar-refractivity contribution is 6.31. The van der Waals surface area contributed by atoms with Gasteiger partial charge in [-0.15, -0.1) is 0 Å². The summed E-state index contributed by atoms with van der Waals surface area (Å²) >= 11 is 5.87. The number of carbonyl (C=O) groups is 1. The van der Waals surface area contributed by atoms with Crippen LogP contribution in [0.4, 0.5) is 23.7 Å². The number of nitrogens with two attached hydrogens (primary N) is 1. The summed E-state index contributed by atoms with van der Waals surface area (Å²) in [6, 6.07) is 16.2. The first-order valence-electron chi connectivity index (χ1n) is 9.49. The van der Waals surface area contributed by atoms with E-state index in [-0.39, 0.29) is 29.6 Å². The van der Waals surface area contributed by atoms with E-state index in [4.69, 9.17) is 26.9 Å². The second kappa shape index (κ2) is 10.7. The van der Waals surface area contributed by atoms with E-state index >= 15 is 0 Å². The number of amidine groups is 1. The highest BCUT2D eigenvalue weighted by Gasteiger charge is 2.31. The minimum Gasteiger partial charge on any atom is -0.487 e. The number of para-hydroxylation sites is 1. The van der Waals surface area contributed by atoms with Crippen LogP contribution in [0, 0.1) is 0 Å². The first-order valence-corrected chi connectivity index (χ1v) is 9.87. The van der Waals surface area contributed by atoms with Crippen LogP contribution in [0.3, 0.4) is 0 Å². The van der Waals surface area contributed by atoms with E-state index in [0.717, 1.165) is 11.6 Å². The maximum Gasteiger partial charge on any atom is 0.437 e. The number of amides is 1. The maximum atomic E-state index is 12.7. The Labute approximate surface area is 192 Å². The Morgan fingerprint density at radius 3 is 2.45 bits per heavy atom. The van der Waals surface area contributed by atoms with Crippen molar-refractivity contribution >= 4 is 29.2 Å². The summed E-state index contributed by atoms with van der Waals surface area (Å²) in [4.78, 5) is 20.2. The molecular weight excluding hydrogens is 461 g/mol. The summed E-state index contributed by atoms with van der Waals surface area (Å²) in [5.41, 5.74) is 6.36. The summed E-state index contributed by atoms with van der Waals surface area (Å²) in [5.74, 6) is 0.526. The van der Waals surface area contributed by atoms with Crippen LogP contribution in [-0.2, 0) is 24.0 Å². The molecule has 0 aliphatic rings. The predicted octanol–water partition coefficient (Wildman–Crippen LogP) is 5.40. The number of hydrogen-bond acceptors (Lipinski definition) is 5. The lowest BCUT2D eigenvalue weighted by Gasteiger charge is -2.10. The summed E-state index contributed by atoms with van der Waals surface area (Å²) < 4.78 is 43.6. The van der Waals surface area contributed by atoms with Crippen molar-refractivity contribution < 1.29 is 27.5 Å². The number of oxime groups is 1. The van der Waals surface area contributed by atoms with Gasteiger partial charge in [-0.1, -0.05) is 47.1 Å². The molecular formula is C22H18ClF3N4O3. The minimum absolute atomic E-state index is 0.0765. The lowest BCUT2D eigenvalue weighted by Crippen LogP contribution is -2.18. The quantitative estimate of drug-likeness (QED) is 0.205. The molecule has 3 aromatic rings. The molecule has 7 nitrogen and oxygen atoms in total. The highest BCUT2D eigenvalue weighted by atomic mass is 35.5. The average molecular weight is 479 g/mol. The second-order valence-corrected chi connectivity index (χ2v) is 7.12. The number of nitrogens with zero attached hydrogens (tertiary/aromatic N) is 2. The van der Waals surface area contributed by atoms with Gasteiger partial charge in [0.15, 0.2) is 0 Å². The number of rotatable bonds is 7. The molecule has 0 radical (unpaired) electrons. The van der Waals surface area contributed by atoms with Crippen molar-refractivity contribution in [1.82, 2.24) is 4.98 Å². The van der Waals surface area contributed by atoms with Gasteiger partial charge in [-0.05, 0) is 35.9 Å². The van der Waals surface area contributed by atoms with Gasteiger partial charge in [0, 0.05) is 18.3 Å². The fraction of sp³-hybridized carbons (Fsp3) is 0.136. The zero-order chi connectivity index (χ0) is 23.8. The Kier molecular flexibility index (Phi) is 7.73. The Bertz CT molecular complexity index is 1120. The number of benzene rings is 2.